The molecule has 0 aromatic carbocycles. The number of nitrogens with zero attached hydrogens (tertiary/aromatic N) is 2. The molecule has 1 aromatic heterocycles. The summed E-state index contributed by atoms with van der Waals surface area (Å²) < 4.78 is 10.7. The number of halogens is 2. The topological polar surface area (TPSA) is 25.2 Å². The van der Waals surface area contributed by atoms with E-state index in [4.69, 9.17) is 11.6 Å². The van der Waals surface area contributed by atoms with Crippen LogP contribution in [0.3, 0.4) is 0 Å². The van der Waals surface area contributed by atoms with Crippen LogP contribution in [0.5, 0.6) is 0 Å². The van der Waals surface area contributed by atoms with Crippen LogP contribution in [0.1, 0.15) is 32.9 Å². The molecule has 0 spiro atoms. The van der Waals surface area contributed by atoms with Crippen molar-refractivity contribution in [3.63, 3.8) is 0 Å². The van der Waals surface area contributed by atoms with Crippen molar-refractivity contribution in [1.82, 2.24) is 4.98 Å². The van der Waals surface area contributed by atoms with Gasteiger partial charge in [-0.25, -0.2) is 4.98 Å². The number of hydrogen-bond donors (Lipinski definition) is 0. The summed E-state index contributed by atoms with van der Waals surface area (Å²) in [4.78, 5) is 8.38. The number of aryl methyl sites for hydroxylation is 1. The molecule has 0 N–H and O–H groups in total. The van der Waals surface area contributed by atoms with Crippen molar-refractivity contribution in [2.24, 2.45) is 4.99 Å². The molecule has 16 heavy (non-hydrogen) atoms. The van der Waals surface area contributed by atoms with Gasteiger partial charge in [-0.1, -0.05) is 18.5 Å². The van der Waals surface area contributed by atoms with E-state index in [9.17, 15) is 4.39 Å². The van der Waals surface area contributed by atoms with E-state index in [1.165, 1.54) is 0 Å². The van der Waals surface area contributed by atoms with E-state index in [-0.39, 0.29) is 6.67 Å². The Hall–Kier alpha value is -0.960. The van der Waals surface area contributed by atoms with Crippen molar-refractivity contribution in [2.45, 2.75) is 34.1 Å². The van der Waals surface area contributed by atoms with Gasteiger partial charge in [0.15, 0.2) is 0 Å². The molecule has 0 aliphatic rings. The van der Waals surface area contributed by atoms with Gasteiger partial charge in [0.05, 0.1) is 18.1 Å². The maximum atomic E-state index is 10.7. The van der Waals surface area contributed by atoms with E-state index in [0.717, 1.165) is 17.1 Å². The van der Waals surface area contributed by atoms with Crippen molar-refractivity contribution in [2.75, 3.05) is 6.67 Å². The van der Waals surface area contributed by atoms with Crippen molar-refractivity contribution >= 4 is 23.0 Å². The van der Waals surface area contributed by atoms with Gasteiger partial charge in [0.1, 0.15) is 5.15 Å². The second-order valence-electron chi connectivity index (χ2n) is 3.49. The molecule has 1 rings (SSSR count). The Balaban J connectivity index is 0.000000487. The number of alkyl halides is 1. The minimum Gasteiger partial charge on any atom is -0.257 e. The lowest BCUT2D eigenvalue weighted by atomic mass is 10.3. The molecule has 0 aliphatic heterocycles. The highest BCUT2D eigenvalue weighted by atomic mass is 35.5. The lowest BCUT2D eigenvalue weighted by molar-refractivity contribution is 0.487. The predicted molar refractivity (Wildman–Crippen MR) is 68.7 cm³/mol. The van der Waals surface area contributed by atoms with Crippen molar-refractivity contribution in [3.8, 4) is 0 Å². The number of aliphatic imine (C=N–C) groups is 1. The average Bonchev–Trinajstić information content (AvgIpc) is 2.22. The van der Waals surface area contributed by atoms with Crippen molar-refractivity contribution in [3.05, 3.63) is 23.0 Å². The highest BCUT2D eigenvalue weighted by Crippen LogP contribution is 2.18. The normalized spacial score (nSPS) is 9.12. The molecule has 0 amide bonds. The van der Waals surface area contributed by atoms with Crippen LogP contribution >= 0.6 is 11.6 Å². The highest BCUT2D eigenvalue weighted by molar-refractivity contribution is 6.29. The van der Waals surface area contributed by atoms with E-state index in [0.29, 0.717) is 11.6 Å². The summed E-state index contributed by atoms with van der Waals surface area (Å²) in [5.74, 6) is 0. The van der Waals surface area contributed by atoms with Crippen LogP contribution in [0.15, 0.2) is 17.1 Å². The van der Waals surface area contributed by atoms with Crippen LogP contribution in [-0.4, -0.2) is 17.4 Å². The first-order chi connectivity index (χ1) is 7.51. The van der Waals surface area contributed by atoms with Gasteiger partial charge in [0, 0.05) is 5.71 Å². The first-order valence-electron chi connectivity index (χ1n) is 5.22. The Kier molecular flexibility index (Phi) is 7.73. The fraction of sp³-hybridized carbons (Fsp3) is 0.500. The summed E-state index contributed by atoms with van der Waals surface area (Å²) in [6, 6.07) is 3.62. The average molecular weight is 245 g/mol. The van der Waals surface area contributed by atoms with E-state index in [1.54, 1.807) is 13.0 Å². The van der Waals surface area contributed by atoms with Crippen LogP contribution in [0.25, 0.3) is 0 Å². The Morgan fingerprint density at radius 3 is 2.38 bits per heavy atom. The third-order valence-electron chi connectivity index (χ3n) is 1.56. The molecule has 1 aromatic rings. The highest BCUT2D eigenvalue weighted by Gasteiger charge is 1.97. The monoisotopic (exact) mass is 244 g/mol. The molecular weight excluding hydrogens is 227 g/mol. The Labute approximate surface area is 102 Å². The van der Waals surface area contributed by atoms with Crippen LogP contribution in [0.2, 0.25) is 5.15 Å². The minimum absolute atomic E-state index is 0.181. The molecule has 4 heteroatoms. The Bertz CT molecular complexity index is 345. The molecule has 0 aliphatic carbocycles. The lowest BCUT2D eigenvalue weighted by Crippen LogP contribution is -1.85. The first-order valence-corrected chi connectivity index (χ1v) is 5.60. The summed E-state index contributed by atoms with van der Waals surface area (Å²) in [6.45, 7) is 7.43. The summed E-state index contributed by atoms with van der Waals surface area (Å²) in [7, 11) is 0. The molecular formula is C12H18ClFN2. The molecule has 0 saturated carbocycles. The number of rotatable bonds is 2. The number of aromatic nitrogens is 1. The lowest BCUT2D eigenvalue weighted by Gasteiger charge is -1.99. The van der Waals surface area contributed by atoms with Gasteiger partial charge >= 0.3 is 0 Å². The van der Waals surface area contributed by atoms with Crippen LogP contribution in [0, 0.1) is 6.92 Å². The maximum absolute atomic E-state index is 10.7. The Morgan fingerprint density at radius 2 is 2.00 bits per heavy atom. The smallest absolute Gasteiger partial charge is 0.129 e. The van der Waals surface area contributed by atoms with Gasteiger partial charge < -0.3 is 0 Å². The van der Waals surface area contributed by atoms with Gasteiger partial charge in [0.25, 0.3) is 0 Å². The summed E-state index contributed by atoms with van der Waals surface area (Å²) in [6.07, 6.45) is 0.653. The van der Waals surface area contributed by atoms with Gasteiger partial charge in [0.2, 0.25) is 0 Å². The zero-order valence-electron chi connectivity index (χ0n) is 10.2. The molecule has 2 nitrogen and oxygen atoms in total. The second-order valence-corrected chi connectivity index (χ2v) is 3.87. The standard InChI is InChI=1S/C9H11ClN2.C3H7F/c1-6(2)11-8-4-5-9(10)12-7(8)3;1-2-3-4/h4-5H,1-3H3;2-3H2,1H3. The van der Waals surface area contributed by atoms with E-state index in [1.807, 2.05) is 26.8 Å². The molecule has 0 fully saturated rings. The molecule has 1 heterocycles. The molecule has 0 atom stereocenters. The van der Waals surface area contributed by atoms with Gasteiger partial charge in [-0.15, -0.1) is 0 Å². The fourth-order valence-electron chi connectivity index (χ4n) is 0.882. The third-order valence-corrected chi connectivity index (χ3v) is 1.77. The molecule has 90 valence electrons. The predicted octanol–water partition coefficient (Wildman–Crippen LogP) is 4.52. The van der Waals surface area contributed by atoms with Crippen molar-refractivity contribution < 1.29 is 4.39 Å². The minimum atomic E-state index is -0.181. The second kappa shape index (κ2) is 8.22. The molecule has 0 unspecified atom stereocenters. The first kappa shape index (κ1) is 15.0. The fourth-order valence-corrected chi connectivity index (χ4v) is 1.07. The zero-order valence-corrected chi connectivity index (χ0v) is 11.0. The quantitative estimate of drug-likeness (QED) is 0.555. The number of pyridine rings is 1. The van der Waals surface area contributed by atoms with Crippen LogP contribution in [-0.2, 0) is 0 Å². The van der Waals surface area contributed by atoms with Gasteiger partial charge in [-0.2, -0.15) is 0 Å². The summed E-state index contributed by atoms with van der Waals surface area (Å²) >= 11 is 5.69. The molecule has 0 saturated heterocycles. The number of hydrogen-bond acceptors (Lipinski definition) is 2. The third kappa shape index (κ3) is 6.51. The Morgan fingerprint density at radius 1 is 1.44 bits per heavy atom. The van der Waals surface area contributed by atoms with Crippen LogP contribution in [0.4, 0.5) is 10.1 Å². The molecule has 0 bridgehead atoms. The summed E-state index contributed by atoms with van der Waals surface area (Å²) in [5, 5.41) is 0.514. The molecule has 0 radical (unpaired) electrons. The summed E-state index contributed by atoms with van der Waals surface area (Å²) in [5.41, 5.74) is 2.77. The van der Waals surface area contributed by atoms with E-state index < -0.39 is 0 Å². The van der Waals surface area contributed by atoms with Gasteiger partial charge in [-0.05, 0) is 39.3 Å². The zero-order chi connectivity index (χ0) is 12.6. The largest absolute Gasteiger partial charge is 0.257 e. The van der Waals surface area contributed by atoms with Gasteiger partial charge in [-0.3, -0.25) is 9.38 Å². The van der Waals surface area contributed by atoms with E-state index >= 15 is 0 Å². The van der Waals surface area contributed by atoms with Crippen LogP contribution < -0.4 is 0 Å². The van der Waals surface area contributed by atoms with Crippen molar-refractivity contribution in [1.29, 1.82) is 0 Å². The maximum Gasteiger partial charge on any atom is 0.129 e. The SMILES string of the molecule is CC(C)=Nc1ccc(Cl)nc1C.CCCF. The van der Waals surface area contributed by atoms with E-state index in [2.05, 4.69) is 9.98 Å².